The quantitative estimate of drug-likeness (QED) is 0.817. The molecule has 0 saturated heterocycles. The number of carbonyl (C=O) groups is 1. The third kappa shape index (κ3) is 3.05. The summed E-state index contributed by atoms with van der Waals surface area (Å²) in [7, 11) is -3.62. The lowest BCUT2D eigenvalue weighted by molar-refractivity contribution is -0.115. The summed E-state index contributed by atoms with van der Waals surface area (Å²) in [5.74, 6) is -0.133. The van der Waals surface area contributed by atoms with Crippen molar-refractivity contribution in [1.29, 1.82) is 0 Å². The van der Waals surface area contributed by atoms with Gasteiger partial charge in [0, 0.05) is 16.7 Å². The van der Waals surface area contributed by atoms with E-state index in [1.54, 1.807) is 13.0 Å². The Labute approximate surface area is 120 Å². The number of fused-ring (bicyclic) bond motifs is 1. The van der Waals surface area contributed by atoms with Gasteiger partial charge < -0.3 is 5.32 Å². The van der Waals surface area contributed by atoms with E-state index in [4.69, 9.17) is 0 Å². The Balaban J connectivity index is 2.38. The highest BCUT2D eigenvalue weighted by Gasteiger charge is 2.24. The Morgan fingerprint density at radius 1 is 1.53 bits per heavy atom. The monoisotopic (exact) mass is 344 g/mol. The van der Waals surface area contributed by atoms with E-state index in [9.17, 15) is 13.2 Å². The summed E-state index contributed by atoms with van der Waals surface area (Å²) in [5.41, 5.74) is 2.05. The van der Waals surface area contributed by atoms with E-state index < -0.39 is 10.0 Å². The second-order valence-electron chi connectivity index (χ2n) is 4.45. The Bertz CT molecular complexity index is 668. The van der Waals surface area contributed by atoms with Gasteiger partial charge in [0.1, 0.15) is 0 Å². The van der Waals surface area contributed by atoms with Crippen LogP contribution in [0.1, 0.15) is 12.5 Å². The summed E-state index contributed by atoms with van der Waals surface area (Å²) < 4.78 is 27.2. The molecule has 0 aromatic heterocycles. The Morgan fingerprint density at radius 3 is 2.84 bits per heavy atom. The van der Waals surface area contributed by atoms with Crippen LogP contribution in [0.2, 0.25) is 0 Å². The first kappa shape index (κ1) is 14.2. The normalized spacial score (nSPS) is 14.1. The molecule has 102 valence electrons. The molecule has 0 saturated carbocycles. The molecule has 1 aliphatic rings. The summed E-state index contributed by atoms with van der Waals surface area (Å²) in [5, 5.41) is 2.67. The van der Waals surface area contributed by atoms with Crippen molar-refractivity contribution in [1.82, 2.24) is 4.72 Å². The van der Waals surface area contributed by atoms with Crippen molar-refractivity contribution in [3.63, 3.8) is 0 Å². The molecule has 7 heteroatoms. The lowest BCUT2D eigenvalue weighted by Crippen LogP contribution is -2.25. The van der Waals surface area contributed by atoms with Gasteiger partial charge in [-0.05, 0) is 40.5 Å². The number of anilines is 1. The molecule has 1 heterocycles. The highest BCUT2D eigenvalue weighted by Crippen LogP contribution is 2.32. The molecule has 0 unspecified atom stereocenters. The fourth-order valence-corrected chi connectivity index (χ4v) is 3.92. The number of rotatable bonds is 4. The van der Waals surface area contributed by atoms with E-state index in [1.165, 1.54) is 6.07 Å². The maximum Gasteiger partial charge on any atom is 0.241 e. The van der Waals surface area contributed by atoms with E-state index in [0.29, 0.717) is 15.7 Å². The van der Waals surface area contributed by atoms with Crippen molar-refractivity contribution in [3.8, 4) is 0 Å². The molecule has 1 aromatic rings. The molecule has 0 spiro atoms. The highest BCUT2D eigenvalue weighted by molar-refractivity contribution is 9.10. The van der Waals surface area contributed by atoms with Crippen molar-refractivity contribution in [3.05, 3.63) is 34.3 Å². The van der Waals surface area contributed by atoms with Crippen LogP contribution >= 0.6 is 15.9 Å². The first-order chi connectivity index (χ1) is 8.79. The molecule has 0 fully saturated rings. The highest BCUT2D eigenvalue weighted by atomic mass is 79.9. The maximum atomic E-state index is 12.2. The number of hydrogen-bond donors (Lipinski definition) is 2. The lowest BCUT2D eigenvalue weighted by atomic mass is 10.2. The molecule has 0 atom stereocenters. The van der Waals surface area contributed by atoms with Crippen LogP contribution < -0.4 is 10.0 Å². The fourth-order valence-electron chi connectivity index (χ4n) is 1.73. The van der Waals surface area contributed by atoms with Gasteiger partial charge in [0.05, 0.1) is 11.3 Å². The third-order valence-electron chi connectivity index (χ3n) is 2.64. The predicted octanol–water partition coefficient (Wildman–Crippen LogP) is 1.80. The summed E-state index contributed by atoms with van der Waals surface area (Å²) in [4.78, 5) is 11.4. The Hall–Kier alpha value is -1.18. The Kier molecular flexibility index (Phi) is 3.80. The fraction of sp³-hybridized carbons (Fsp3) is 0.250. The number of hydrogen-bond acceptors (Lipinski definition) is 3. The number of nitrogens with one attached hydrogen (secondary N) is 2. The van der Waals surface area contributed by atoms with Gasteiger partial charge in [-0.2, -0.15) is 0 Å². The third-order valence-corrected chi connectivity index (χ3v) is 5.00. The summed E-state index contributed by atoms with van der Waals surface area (Å²) in [6, 6.07) is 3.12. The molecule has 0 radical (unpaired) electrons. The maximum absolute atomic E-state index is 12.2. The second kappa shape index (κ2) is 5.07. The molecule has 2 N–H and O–H groups in total. The zero-order chi connectivity index (χ0) is 14.2. The minimum atomic E-state index is -3.62. The van der Waals surface area contributed by atoms with Gasteiger partial charge >= 0.3 is 0 Å². The second-order valence-corrected chi connectivity index (χ2v) is 7.04. The standard InChI is InChI=1S/C12H13BrN2O3S/c1-7(2)6-14-19(17,18)11-3-8-4-12(16)15-10(8)5-9(11)13/h3,5,14H,1,4,6H2,2H3,(H,15,16). The van der Waals surface area contributed by atoms with Gasteiger partial charge in [0.15, 0.2) is 0 Å². The molecule has 5 nitrogen and oxygen atoms in total. The van der Waals surface area contributed by atoms with Gasteiger partial charge in [-0.3, -0.25) is 4.79 Å². The van der Waals surface area contributed by atoms with Crippen molar-refractivity contribution in [2.75, 3.05) is 11.9 Å². The van der Waals surface area contributed by atoms with Crippen LogP contribution in [0.25, 0.3) is 0 Å². The first-order valence-corrected chi connectivity index (χ1v) is 7.83. The topological polar surface area (TPSA) is 75.3 Å². The molecule has 0 bridgehead atoms. The van der Waals surface area contributed by atoms with Crippen molar-refractivity contribution in [2.45, 2.75) is 18.2 Å². The van der Waals surface area contributed by atoms with E-state index >= 15 is 0 Å². The van der Waals surface area contributed by atoms with Crippen molar-refractivity contribution >= 4 is 37.5 Å². The zero-order valence-corrected chi connectivity index (χ0v) is 12.7. The van der Waals surface area contributed by atoms with Crippen molar-refractivity contribution < 1.29 is 13.2 Å². The van der Waals surface area contributed by atoms with Gasteiger partial charge in [0.2, 0.25) is 15.9 Å². The first-order valence-electron chi connectivity index (χ1n) is 5.56. The molecule has 1 amide bonds. The van der Waals surface area contributed by atoms with Crippen LogP contribution in [0.5, 0.6) is 0 Å². The van der Waals surface area contributed by atoms with Crippen molar-refractivity contribution in [2.24, 2.45) is 0 Å². The van der Waals surface area contributed by atoms with E-state index in [0.717, 1.165) is 5.57 Å². The van der Waals surface area contributed by atoms with E-state index in [-0.39, 0.29) is 23.8 Å². The molecule has 2 rings (SSSR count). The number of sulfonamides is 1. The van der Waals surface area contributed by atoms with E-state index in [2.05, 4.69) is 32.5 Å². The number of halogens is 1. The number of benzene rings is 1. The molecular formula is C12H13BrN2O3S. The van der Waals surface area contributed by atoms with Crippen LogP contribution in [0.3, 0.4) is 0 Å². The summed E-state index contributed by atoms with van der Waals surface area (Å²) >= 11 is 3.22. The molecule has 1 aliphatic heterocycles. The SMILES string of the molecule is C=C(C)CNS(=O)(=O)c1cc2c(cc1Br)NC(=O)C2. The van der Waals surface area contributed by atoms with Crippen LogP contribution in [-0.4, -0.2) is 20.9 Å². The van der Waals surface area contributed by atoms with Gasteiger partial charge in [0.25, 0.3) is 0 Å². The smallest absolute Gasteiger partial charge is 0.241 e. The number of amides is 1. The molecular weight excluding hydrogens is 332 g/mol. The van der Waals surface area contributed by atoms with Gasteiger partial charge in [-0.1, -0.05) is 12.2 Å². The summed E-state index contributed by atoms with van der Waals surface area (Å²) in [6.45, 7) is 5.57. The summed E-state index contributed by atoms with van der Waals surface area (Å²) in [6.07, 6.45) is 0.200. The minimum absolute atomic E-state index is 0.129. The molecule has 19 heavy (non-hydrogen) atoms. The zero-order valence-electron chi connectivity index (χ0n) is 10.3. The molecule has 1 aromatic carbocycles. The van der Waals surface area contributed by atoms with Crippen LogP contribution in [0.15, 0.2) is 33.7 Å². The van der Waals surface area contributed by atoms with Gasteiger partial charge in [-0.15, -0.1) is 0 Å². The average molecular weight is 345 g/mol. The molecule has 0 aliphatic carbocycles. The predicted molar refractivity (Wildman–Crippen MR) is 76.5 cm³/mol. The van der Waals surface area contributed by atoms with Crippen LogP contribution in [0, 0.1) is 0 Å². The largest absolute Gasteiger partial charge is 0.325 e. The van der Waals surface area contributed by atoms with Gasteiger partial charge in [-0.25, -0.2) is 13.1 Å². The van der Waals surface area contributed by atoms with Crippen LogP contribution in [0.4, 0.5) is 5.69 Å². The minimum Gasteiger partial charge on any atom is -0.325 e. The van der Waals surface area contributed by atoms with E-state index in [1.807, 2.05) is 0 Å². The average Bonchev–Trinajstić information content (AvgIpc) is 2.64. The van der Waals surface area contributed by atoms with Crippen LogP contribution in [-0.2, 0) is 21.2 Å². The Morgan fingerprint density at radius 2 is 2.21 bits per heavy atom. The number of carbonyl (C=O) groups excluding carboxylic acids is 1. The lowest BCUT2D eigenvalue weighted by Gasteiger charge is -2.10.